The van der Waals surface area contributed by atoms with Gasteiger partial charge in [-0.25, -0.2) is 0 Å². The molecule has 0 aromatic rings. The molecule has 0 atom stereocenters. The first kappa shape index (κ1) is 26.6. The third-order valence-electron chi connectivity index (χ3n) is 3.22. The molecule has 0 saturated carbocycles. The maximum Gasteiger partial charge on any atom is 0.500 e. The van der Waals surface area contributed by atoms with Crippen LogP contribution in [0.2, 0.25) is 12.1 Å². The third-order valence-corrected chi connectivity index (χ3v) is 9.10. The fourth-order valence-electron chi connectivity index (χ4n) is 1.70. The molecule has 0 bridgehead atoms. The molecule has 0 amide bonds. The predicted molar refractivity (Wildman–Crippen MR) is 92.3 cm³/mol. The minimum absolute atomic E-state index is 0.250. The average molecular weight is 415 g/mol. The van der Waals surface area contributed by atoms with E-state index in [1.165, 1.54) is 21.3 Å². The molecule has 12 heteroatoms. The highest BCUT2D eigenvalue weighted by atomic mass is 32.1. The van der Waals surface area contributed by atoms with E-state index in [-0.39, 0.29) is 6.04 Å². The van der Waals surface area contributed by atoms with Gasteiger partial charge in [-0.2, -0.15) is 25.8 Å². The van der Waals surface area contributed by atoms with Gasteiger partial charge in [-0.05, 0) is 12.2 Å². The van der Waals surface area contributed by atoms with Crippen LogP contribution in [-0.4, -0.2) is 72.2 Å². The molecule has 0 aromatic carbocycles. The highest BCUT2D eigenvalue weighted by Gasteiger charge is 2.42. The van der Waals surface area contributed by atoms with Crippen molar-refractivity contribution in [2.75, 3.05) is 48.4 Å². The minimum atomic E-state index is -4.20. The first-order chi connectivity index (χ1) is 11.1. The zero-order valence-electron chi connectivity index (χ0n) is 15.1. The Hall–Kier alpha value is 0.334. The van der Waals surface area contributed by atoms with Crippen LogP contribution in [0.1, 0.15) is 12.8 Å². The summed E-state index contributed by atoms with van der Waals surface area (Å²) in [4.78, 5) is 0. The van der Waals surface area contributed by atoms with Crippen LogP contribution in [0.25, 0.3) is 0 Å². The summed E-state index contributed by atoms with van der Waals surface area (Å²) in [6, 6.07) is 0.583. The fourth-order valence-corrected chi connectivity index (χ4v) is 5.58. The zero-order chi connectivity index (χ0) is 19.3. The summed E-state index contributed by atoms with van der Waals surface area (Å²) in [5.74, 6) is 0.838. The van der Waals surface area contributed by atoms with Gasteiger partial charge in [0.15, 0.2) is 0 Å². The van der Waals surface area contributed by atoms with Crippen LogP contribution in [0.3, 0.4) is 0 Å². The van der Waals surface area contributed by atoms with E-state index in [1.807, 2.05) is 0 Å². The van der Waals surface area contributed by atoms with E-state index in [4.69, 9.17) is 26.6 Å². The van der Waals surface area contributed by atoms with Crippen molar-refractivity contribution in [3.63, 3.8) is 0 Å². The van der Waals surface area contributed by atoms with Crippen LogP contribution in [0.15, 0.2) is 0 Å². The molecule has 148 valence electrons. The Morgan fingerprint density at radius 1 is 0.708 bits per heavy atom. The van der Waals surface area contributed by atoms with Gasteiger partial charge in [0.25, 0.3) is 0 Å². The summed E-state index contributed by atoms with van der Waals surface area (Å²) in [5, 5.41) is 0. The minimum Gasteiger partial charge on any atom is -0.377 e. The average Bonchev–Trinajstić information content (AvgIpc) is 2.58. The number of alkyl halides is 3. The Labute approximate surface area is 150 Å². The summed E-state index contributed by atoms with van der Waals surface area (Å²) >= 11 is 4.10. The first-order valence-corrected chi connectivity index (χ1v) is 11.6. The molecule has 0 unspecified atom stereocenters. The largest absolute Gasteiger partial charge is 0.500 e. The molecule has 0 aromatic heterocycles. The van der Waals surface area contributed by atoms with E-state index in [0.717, 1.165) is 18.2 Å². The summed E-state index contributed by atoms with van der Waals surface area (Å²) < 4.78 is 65.6. The van der Waals surface area contributed by atoms with Crippen molar-refractivity contribution in [2.45, 2.75) is 31.1 Å². The second-order valence-electron chi connectivity index (χ2n) is 4.53. The van der Waals surface area contributed by atoms with Crippen molar-refractivity contribution in [2.24, 2.45) is 0 Å². The number of thiol groups is 1. The molecule has 0 fully saturated rings. The van der Waals surface area contributed by atoms with E-state index >= 15 is 0 Å². The maximum absolute atomic E-state index is 11.9. The second kappa shape index (κ2) is 13.5. The Morgan fingerprint density at radius 3 is 1.29 bits per heavy atom. The molecular weight excluding hydrogens is 385 g/mol. The van der Waals surface area contributed by atoms with Crippen LogP contribution in [0.5, 0.6) is 0 Å². The van der Waals surface area contributed by atoms with Gasteiger partial charge in [-0.15, -0.1) is 0 Å². The molecule has 0 N–H and O–H groups in total. The van der Waals surface area contributed by atoms with E-state index in [9.17, 15) is 13.2 Å². The summed E-state index contributed by atoms with van der Waals surface area (Å²) in [6.07, 6.45) is -4.19. The van der Waals surface area contributed by atoms with Gasteiger partial charge in [-0.3, -0.25) is 0 Å². The number of rotatable bonds is 11. The van der Waals surface area contributed by atoms with Gasteiger partial charge >= 0.3 is 23.8 Å². The van der Waals surface area contributed by atoms with Crippen LogP contribution >= 0.6 is 12.6 Å². The highest BCUT2D eigenvalue weighted by molar-refractivity contribution is 7.80. The van der Waals surface area contributed by atoms with Crippen molar-refractivity contribution in [3.8, 4) is 0 Å². The normalized spacial score (nSPS) is 12.8. The van der Waals surface area contributed by atoms with Crippen molar-refractivity contribution in [3.05, 3.63) is 0 Å². The molecule has 0 rings (SSSR count). The van der Waals surface area contributed by atoms with E-state index in [0.29, 0.717) is 0 Å². The Morgan fingerprint density at radius 2 is 1.04 bits per heavy atom. The number of halogens is 3. The van der Waals surface area contributed by atoms with Gasteiger partial charge in [0.05, 0.1) is 0 Å². The SMILES string of the molecule is CO[Si](CCC(F)(F)F)(OC)OC.CO[Si](CCCS)(OC)OC. The smallest absolute Gasteiger partial charge is 0.377 e. The maximum atomic E-state index is 11.9. The lowest BCUT2D eigenvalue weighted by Crippen LogP contribution is -2.43. The molecule has 0 saturated heterocycles. The molecule has 0 spiro atoms. The Bertz CT molecular complexity index is 288. The summed E-state index contributed by atoms with van der Waals surface area (Å²) in [7, 11) is 3.40. The zero-order valence-corrected chi connectivity index (χ0v) is 18.0. The van der Waals surface area contributed by atoms with Crippen molar-refractivity contribution in [1.29, 1.82) is 0 Å². The van der Waals surface area contributed by atoms with Crippen molar-refractivity contribution < 1.29 is 39.7 Å². The lowest BCUT2D eigenvalue weighted by molar-refractivity contribution is -0.132. The highest BCUT2D eigenvalue weighted by Crippen LogP contribution is 2.26. The second-order valence-corrected chi connectivity index (χ2v) is 11.2. The van der Waals surface area contributed by atoms with Crippen LogP contribution < -0.4 is 0 Å². The number of hydrogen-bond donors (Lipinski definition) is 1. The van der Waals surface area contributed by atoms with Crippen LogP contribution in [-0.2, 0) is 26.6 Å². The summed E-state index contributed by atoms with van der Waals surface area (Å²) in [5.41, 5.74) is 0. The van der Waals surface area contributed by atoms with Crippen molar-refractivity contribution in [1.82, 2.24) is 0 Å². The molecule has 0 radical (unpaired) electrons. The van der Waals surface area contributed by atoms with Gasteiger partial charge < -0.3 is 26.6 Å². The van der Waals surface area contributed by atoms with Gasteiger partial charge in [-0.1, -0.05) is 0 Å². The van der Waals surface area contributed by atoms with Crippen molar-refractivity contribution >= 4 is 30.2 Å². The molecule has 0 aliphatic heterocycles. The van der Waals surface area contributed by atoms with E-state index < -0.39 is 30.2 Å². The molecule has 6 nitrogen and oxygen atoms in total. The monoisotopic (exact) mass is 414 g/mol. The molecule has 0 heterocycles. The Balaban J connectivity index is 0. The number of hydrogen-bond acceptors (Lipinski definition) is 7. The van der Waals surface area contributed by atoms with Crippen LogP contribution in [0, 0.1) is 0 Å². The third kappa shape index (κ3) is 11.0. The molecule has 24 heavy (non-hydrogen) atoms. The summed E-state index contributed by atoms with van der Waals surface area (Å²) in [6.45, 7) is 0. The van der Waals surface area contributed by atoms with Gasteiger partial charge in [0, 0.05) is 61.2 Å². The van der Waals surface area contributed by atoms with E-state index in [2.05, 4.69) is 12.6 Å². The standard InChI is InChI=1S/C6H13F3O3Si.C6H16O3SSi/c1-10-13(11-2,12-3)5-4-6(7,8)9;1-7-11(8-2,9-3)6-4-5-10/h4-5H2,1-3H3;10H,4-6H2,1-3H3. The lowest BCUT2D eigenvalue weighted by atomic mass is 10.5. The molecule has 0 aliphatic rings. The topological polar surface area (TPSA) is 55.4 Å². The molecular formula is C12H29F3O6SSi2. The predicted octanol–water partition coefficient (Wildman–Crippen LogP) is 3.00. The lowest BCUT2D eigenvalue weighted by Gasteiger charge is -2.24. The molecule has 0 aliphatic carbocycles. The van der Waals surface area contributed by atoms with Crippen LogP contribution in [0.4, 0.5) is 13.2 Å². The quantitative estimate of drug-likeness (QED) is 0.414. The fraction of sp³-hybridized carbons (Fsp3) is 1.00. The Kier molecular flexibility index (Phi) is 15.0. The van der Waals surface area contributed by atoms with Gasteiger partial charge in [0.1, 0.15) is 0 Å². The first-order valence-electron chi connectivity index (χ1n) is 7.12. The van der Waals surface area contributed by atoms with E-state index in [1.54, 1.807) is 21.3 Å². The van der Waals surface area contributed by atoms with Gasteiger partial charge in [0.2, 0.25) is 0 Å².